The van der Waals surface area contributed by atoms with Crippen LogP contribution in [0.5, 0.6) is 23.0 Å². The first-order valence-corrected chi connectivity index (χ1v) is 21.1. The highest BCUT2D eigenvalue weighted by Crippen LogP contribution is 2.46. The van der Waals surface area contributed by atoms with Crippen molar-refractivity contribution in [3.63, 3.8) is 0 Å². The highest BCUT2D eigenvalue weighted by Gasteiger charge is 2.24. The molecule has 0 heterocycles. The minimum absolute atomic E-state index is 0.00463. The molecule has 1 fully saturated rings. The van der Waals surface area contributed by atoms with E-state index in [0.29, 0.717) is 70.4 Å². The monoisotopic (exact) mass is 818 g/mol. The molecular formula is C48H63FO10. The Bertz CT molecular complexity index is 1830. The van der Waals surface area contributed by atoms with Crippen molar-refractivity contribution < 1.29 is 52.6 Å². The average Bonchev–Trinajstić information content (AvgIpc) is 3.23. The first-order chi connectivity index (χ1) is 28.6. The molecule has 3 aromatic rings. The predicted molar refractivity (Wildman–Crippen MR) is 228 cm³/mol. The zero-order valence-electron chi connectivity index (χ0n) is 35.2. The van der Waals surface area contributed by atoms with Crippen LogP contribution in [0.2, 0.25) is 0 Å². The Labute approximate surface area is 349 Å². The Morgan fingerprint density at radius 2 is 1.27 bits per heavy atom. The Balaban J connectivity index is 1.74. The van der Waals surface area contributed by atoms with E-state index in [4.69, 9.17) is 28.4 Å². The van der Waals surface area contributed by atoms with Gasteiger partial charge in [0.25, 0.3) is 0 Å². The lowest BCUT2D eigenvalue weighted by atomic mass is 9.77. The van der Waals surface area contributed by atoms with Crippen LogP contribution in [0.25, 0.3) is 22.3 Å². The summed E-state index contributed by atoms with van der Waals surface area (Å²) in [6, 6.07) is 14.4. The number of esters is 2. The van der Waals surface area contributed by atoms with Crippen molar-refractivity contribution in [2.75, 3.05) is 52.9 Å². The van der Waals surface area contributed by atoms with Gasteiger partial charge < -0.3 is 38.6 Å². The van der Waals surface area contributed by atoms with E-state index in [-0.39, 0.29) is 69.8 Å². The summed E-state index contributed by atoms with van der Waals surface area (Å²) in [5, 5.41) is 18.9. The number of halogens is 1. The van der Waals surface area contributed by atoms with Crippen molar-refractivity contribution in [2.24, 2.45) is 5.92 Å². The van der Waals surface area contributed by atoms with E-state index in [1.54, 1.807) is 38.1 Å². The fourth-order valence-corrected chi connectivity index (χ4v) is 7.08. The highest BCUT2D eigenvalue weighted by atomic mass is 19.1. The fraction of sp³-hybridized carbons (Fsp3) is 0.500. The third-order valence-corrected chi connectivity index (χ3v) is 10.4. The molecule has 0 bridgehead atoms. The van der Waals surface area contributed by atoms with Gasteiger partial charge in [0.15, 0.2) is 23.0 Å². The van der Waals surface area contributed by atoms with Gasteiger partial charge in [-0.15, -0.1) is 0 Å². The Hall–Kier alpha value is -4.87. The molecule has 0 spiro atoms. The van der Waals surface area contributed by atoms with Gasteiger partial charge in [0.1, 0.15) is 32.2 Å². The van der Waals surface area contributed by atoms with E-state index in [0.717, 1.165) is 24.3 Å². The lowest BCUT2D eigenvalue weighted by molar-refractivity contribution is -0.140. The maximum Gasteiger partial charge on any atom is 0.333 e. The predicted octanol–water partition coefficient (Wildman–Crippen LogP) is 9.92. The van der Waals surface area contributed by atoms with Gasteiger partial charge in [0, 0.05) is 41.9 Å². The SMILES string of the molecule is C=C(C)C(=O)OCCOc1ccc(-c2cc(-c3ccc(C4CCC(CCCCC)CC4)cc3F)cc(OCCOC(=O)C(=C)C)c2OCCCCO)cc1OCCCO. The number of rotatable bonds is 26. The van der Waals surface area contributed by atoms with Crippen LogP contribution >= 0.6 is 0 Å². The number of aliphatic hydroxyl groups excluding tert-OH is 2. The molecule has 1 saturated carbocycles. The number of hydrogen-bond donors (Lipinski definition) is 2. The molecule has 59 heavy (non-hydrogen) atoms. The molecule has 0 radical (unpaired) electrons. The zero-order valence-corrected chi connectivity index (χ0v) is 35.2. The van der Waals surface area contributed by atoms with Gasteiger partial charge in [-0.3, -0.25) is 0 Å². The molecule has 10 nitrogen and oxygen atoms in total. The summed E-state index contributed by atoms with van der Waals surface area (Å²) in [6.45, 7) is 12.9. The van der Waals surface area contributed by atoms with E-state index in [2.05, 4.69) is 20.1 Å². The first kappa shape index (κ1) is 46.8. The summed E-state index contributed by atoms with van der Waals surface area (Å²) < 4.78 is 51.5. The van der Waals surface area contributed by atoms with Crippen LogP contribution in [-0.2, 0) is 19.1 Å². The van der Waals surface area contributed by atoms with Crippen LogP contribution in [0.3, 0.4) is 0 Å². The standard InChI is InChI=1S/C48H63FO10/c1-6-7-8-12-35-13-15-36(16-14-35)37-17-19-40(42(49)30-37)39-29-41(46(57-23-10-9-21-50)45(32-39)56-26-28-59-48(53)34(4)5)38-18-20-43(44(31-38)54-24-11-22-51)55-25-27-58-47(52)33(2)3/h17-20,29-32,35-36,50-51H,2,4,6-16,21-28H2,1,3,5H3. The molecule has 0 aliphatic heterocycles. The Morgan fingerprint density at radius 3 is 1.90 bits per heavy atom. The number of carbonyl (C=O) groups is 2. The van der Waals surface area contributed by atoms with Crippen molar-refractivity contribution in [2.45, 2.75) is 97.3 Å². The molecule has 322 valence electrons. The second kappa shape index (κ2) is 24.9. The van der Waals surface area contributed by atoms with Gasteiger partial charge >= 0.3 is 11.9 Å². The fourth-order valence-electron chi connectivity index (χ4n) is 7.08. The summed E-state index contributed by atoms with van der Waals surface area (Å²) in [6.07, 6.45) is 10.9. The molecule has 0 amide bonds. The molecule has 0 unspecified atom stereocenters. The van der Waals surface area contributed by atoms with Crippen molar-refractivity contribution in [3.8, 4) is 45.3 Å². The van der Waals surface area contributed by atoms with Crippen molar-refractivity contribution in [1.82, 2.24) is 0 Å². The highest BCUT2D eigenvalue weighted by molar-refractivity contribution is 5.87. The largest absolute Gasteiger partial charge is 0.490 e. The number of ether oxygens (including phenoxy) is 6. The second-order valence-corrected chi connectivity index (χ2v) is 15.2. The third kappa shape index (κ3) is 14.7. The zero-order chi connectivity index (χ0) is 42.6. The van der Waals surface area contributed by atoms with Crippen LogP contribution in [0, 0.1) is 11.7 Å². The van der Waals surface area contributed by atoms with Crippen molar-refractivity contribution in [3.05, 3.63) is 84.2 Å². The Morgan fingerprint density at radius 1 is 0.644 bits per heavy atom. The van der Waals surface area contributed by atoms with Gasteiger partial charge in [0.2, 0.25) is 0 Å². The van der Waals surface area contributed by atoms with Crippen molar-refractivity contribution >= 4 is 11.9 Å². The van der Waals surface area contributed by atoms with Crippen LogP contribution in [-0.4, -0.2) is 75.0 Å². The molecular weight excluding hydrogens is 756 g/mol. The normalized spacial score (nSPS) is 14.9. The van der Waals surface area contributed by atoms with Gasteiger partial charge in [-0.05, 0) is 111 Å². The number of benzene rings is 3. The number of aliphatic hydroxyl groups is 2. The average molecular weight is 819 g/mol. The van der Waals surface area contributed by atoms with Gasteiger partial charge in [0.05, 0.1) is 13.2 Å². The lowest BCUT2D eigenvalue weighted by Gasteiger charge is -2.29. The molecule has 3 aromatic carbocycles. The van der Waals surface area contributed by atoms with E-state index < -0.39 is 11.9 Å². The first-order valence-electron chi connectivity index (χ1n) is 21.1. The van der Waals surface area contributed by atoms with E-state index in [1.807, 2.05) is 24.3 Å². The summed E-state index contributed by atoms with van der Waals surface area (Å²) in [5.74, 6) is 1.08. The van der Waals surface area contributed by atoms with E-state index in [1.165, 1.54) is 38.5 Å². The van der Waals surface area contributed by atoms with E-state index in [9.17, 15) is 19.8 Å². The summed E-state index contributed by atoms with van der Waals surface area (Å²) in [4.78, 5) is 24.0. The molecule has 4 rings (SSSR count). The number of hydrogen-bond acceptors (Lipinski definition) is 10. The Kier molecular flexibility index (Phi) is 19.8. The second-order valence-electron chi connectivity index (χ2n) is 15.2. The molecule has 1 aliphatic rings. The lowest BCUT2D eigenvalue weighted by Crippen LogP contribution is -2.14. The van der Waals surface area contributed by atoms with Gasteiger partial charge in [-0.2, -0.15) is 0 Å². The van der Waals surface area contributed by atoms with Crippen molar-refractivity contribution in [1.29, 1.82) is 0 Å². The maximum atomic E-state index is 16.4. The van der Waals surface area contributed by atoms with Crippen LogP contribution in [0.15, 0.2) is 72.8 Å². The maximum absolute atomic E-state index is 16.4. The quantitative estimate of drug-likeness (QED) is 0.0459. The minimum Gasteiger partial charge on any atom is -0.490 e. The molecule has 0 atom stereocenters. The number of unbranched alkanes of at least 4 members (excludes halogenated alkanes) is 3. The summed E-state index contributed by atoms with van der Waals surface area (Å²) >= 11 is 0. The van der Waals surface area contributed by atoms with Crippen LogP contribution in [0.4, 0.5) is 4.39 Å². The van der Waals surface area contributed by atoms with E-state index >= 15 is 4.39 Å². The molecule has 11 heteroatoms. The molecule has 2 N–H and O–H groups in total. The number of carbonyl (C=O) groups excluding carboxylic acids is 2. The molecule has 0 saturated heterocycles. The smallest absolute Gasteiger partial charge is 0.333 e. The van der Waals surface area contributed by atoms with Crippen LogP contribution < -0.4 is 18.9 Å². The molecule has 1 aliphatic carbocycles. The molecule has 0 aromatic heterocycles. The minimum atomic E-state index is -0.541. The topological polar surface area (TPSA) is 130 Å². The third-order valence-electron chi connectivity index (χ3n) is 10.4. The summed E-state index contributed by atoms with van der Waals surface area (Å²) in [7, 11) is 0. The summed E-state index contributed by atoms with van der Waals surface area (Å²) in [5.41, 5.74) is 3.68. The van der Waals surface area contributed by atoms with Gasteiger partial charge in [-0.25, -0.2) is 14.0 Å². The van der Waals surface area contributed by atoms with Crippen LogP contribution in [0.1, 0.15) is 103 Å². The van der Waals surface area contributed by atoms with Gasteiger partial charge in [-0.1, -0.05) is 64.0 Å².